The lowest BCUT2D eigenvalue weighted by Gasteiger charge is -2.26. The predicted molar refractivity (Wildman–Crippen MR) is 98.3 cm³/mol. The summed E-state index contributed by atoms with van der Waals surface area (Å²) in [7, 11) is 1.64. The first-order valence-corrected chi connectivity index (χ1v) is 8.50. The molecule has 0 aliphatic rings. The SMILES string of the molecule is CC(c1ccc(-n2cncn2)cc1)N(C)C(=O)c1cc(F)c(Cl)cc1Cl. The average molecular weight is 393 g/mol. The van der Waals surface area contributed by atoms with Gasteiger partial charge in [0.1, 0.15) is 18.5 Å². The summed E-state index contributed by atoms with van der Waals surface area (Å²) in [5, 5.41) is 4.06. The van der Waals surface area contributed by atoms with Crippen LogP contribution < -0.4 is 0 Å². The molecule has 1 heterocycles. The molecule has 0 spiro atoms. The van der Waals surface area contributed by atoms with E-state index in [4.69, 9.17) is 23.2 Å². The van der Waals surface area contributed by atoms with Gasteiger partial charge in [0.25, 0.3) is 5.91 Å². The van der Waals surface area contributed by atoms with Crippen LogP contribution in [-0.2, 0) is 0 Å². The summed E-state index contributed by atoms with van der Waals surface area (Å²) in [6.07, 6.45) is 3.06. The molecular weight excluding hydrogens is 378 g/mol. The number of aromatic nitrogens is 3. The van der Waals surface area contributed by atoms with Crippen LogP contribution in [0.1, 0.15) is 28.9 Å². The molecule has 1 atom stereocenters. The zero-order valence-corrected chi connectivity index (χ0v) is 15.5. The molecule has 3 aromatic rings. The Labute approximate surface area is 160 Å². The molecule has 134 valence electrons. The molecule has 1 unspecified atom stereocenters. The van der Waals surface area contributed by atoms with E-state index < -0.39 is 11.7 Å². The lowest BCUT2D eigenvalue weighted by Crippen LogP contribution is -2.30. The first-order valence-electron chi connectivity index (χ1n) is 7.75. The molecule has 0 radical (unpaired) electrons. The van der Waals surface area contributed by atoms with E-state index in [1.807, 2.05) is 31.2 Å². The van der Waals surface area contributed by atoms with Gasteiger partial charge in [0.05, 0.1) is 27.3 Å². The van der Waals surface area contributed by atoms with Crippen LogP contribution in [0.2, 0.25) is 10.0 Å². The van der Waals surface area contributed by atoms with E-state index in [0.29, 0.717) is 0 Å². The Morgan fingerprint density at radius 1 is 1.19 bits per heavy atom. The number of carbonyl (C=O) groups excluding carboxylic acids is 1. The molecule has 0 bridgehead atoms. The van der Waals surface area contributed by atoms with Gasteiger partial charge in [0.15, 0.2) is 0 Å². The normalized spacial score (nSPS) is 12.0. The monoisotopic (exact) mass is 392 g/mol. The number of hydrogen-bond donors (Lipinski definition) is 0. The molecule has 0 saturated carbocycles. The second-order valence-electron chi connectivity index (χ2n) is 5.77. The quantitative estimate of drug-likeness (QED) is 0.612. The van der Waals surface area contributed by atoms with Crippen LogP contribution in [0.3, 0.4) is 0 Å². The van der Waals surface area contributed by atoms with E-state index in [1.54, 1.807) is 18.1 Å². The highest BCUT2D eigenvalue weighted by Gasteiger charge is 2.22. The fraction of sp³-hybridized carbons (Fsp3) is 0.167. The predicted octanol–water partition coefficient (Wildman–Crippen LogP) is 4.55. The molecule has 3 rings (SSSR count). The van der Waals surface area contributed by atoms with Gasteiger partial charge < -0.3 is 4.90 Å². The standard InChI is InChI=1S/C18H15Cl2FN4O/c1-11(12-3-5-13(6-4-12)25-10-22-9-23-25)24(2)18(26)14-7-17(21)16(20)8-15(14)19/h3-11H,1-2H3. The Hall–Kier alpha value is -2.44. The van der Waals surface area contributed by atoms with Crippen molar-refractivity contribution in [1.29, 1.82) is 0 Å². The summed E-state index contributed by atoms with van der Waals surface area (Å²) in [4.78, 5) is 18.1. The van der Waals surface area contributed by atoms with Gasteiger partial charge in [-0.15, -0.1) is 0 Å². The number of amides is 1. The molecule has 0 N–H and O–H groups in total. The smallest absolute Gasteiger partial charge is 0.255 e. The van der Waals surface area contributed by atoms with Crippen LogP contribution in [0.5, 0.6) is 0 Å². The first-order chi connectivity index (χ1) is 12.4. The fourth-order valence-electron chi connectivity index (χ4n) is 2.52. The minimum atomic E-state index is -0.683. The zero-order valence-electron chi connectivity index (χ0n) is 14.0. The molecule has 26 heavy (non-hydrogen) atoms. The van der Waals surface area contributed by atoms with Gasteiger partial charge in [0.2, 0.25) is 0 Å². The summed E-state index contributed by atoms with van der Waals surface area (Å²) in [5.41, 5.74) is 1.84. The van der Waals surface area contributed by atoms with Crippen molar-refractivity contribution in [3.63, 3.8) is 0 Å². The van der Waals surface area contributed by atoms with Gasteiger partial charge in [-0.3, -0.25) is 4.79 Å². The number of rotatable bonds is 4. The van der Waals surface area contributed by atoms with Gasteiger partial charge in [-0.25, -0.2) is 14.1 Å². The van der Waals surface area contributed by atoms with Crippen molar-refractivity contribution >= 4 is 29.1 Å². The highest BCUT2D eigenvalue weighted by Crippen LogP contribution is 2.28. The molecule has 0 saturated heterocycles. The molecule has 1 amide bonds. The Morgan fingerprint density at radius 3 is 2.50 bits per heavy atom. The second-order valence-corrected chi connectivity index (χ2v) is 6.58. The first kappa shape index (κ1) is 18.4. The Bertz CT molecular complexity index is 929. The lowest BCUT2D eigenvalue weighted by molar-refractivity contribution is 0.0742. The molecule has 5 nitrogen and oxygen atoms in total. The van der Waals surface area contributed by atoms with E-state index >= 15 is 0 Å². The van der Waals surface area contributed by atoms with Crippen LogP contribution in [-0.4, -0.2) is 32.6 Å². The van der Waals surface area contributed by atoms with Crippen LogP contribution in [0.25, 0.3) is 5.69 Å². The zero-order chi connectivity index (χ0) is 18.8. The van der Waals surface area contributed by atoms with E-state index in [-0.39, 0.29) is 21.7 Å². The van der Waals surface area contributed by atoms with Gasteiger partial charge in [-0.05, 0) is 36.8 Å². The van der Waals surface area contributed by atoms with Crippen molar-refractivity contribution in [1.82, 2.24) is 19.7 Å². The highest BCUT2D eigenvalue weighted by molar-refractivity contribution is 6.36. The number of carbonyl (C=O) groups is 1. The van der Waals surface area contributed by atoms with E-state index in [2.05, 4.69) is 10.1 Å². The van der Waals surface area contributed by atoms with Crippen molar-refractivity contribution in [2.45, 2.75) is 13.0 Å². The van der Waals surface area contributed by atoms with Crippen molar-refractivity contribution in [3.8, 4) is 5.69 Å². The number of nitrogens with zero attached hydrogens (tertiary/aromatic N) is 4. The maximum Gasteiger partial charge on any atom is 0.255 e. The van der Waals surface area contributed by atoms with Crippen molar-refractivity contribution < 1.29 is 9.18 Å². The summed E-state index contributed by atoms with van der Waals surface area (Å²) >= 11 is 11.7. The van der Waals surface area contributed by atoms with E-state index in [9.17, 15) is 9.18 Å². The number of hydrogen-bond acceptors (Lipinski definition) is 3. The molecule has 0 aliphatic heterocycles. The van der Waals surface area contributed by atoms with Crippen LogP contribution in [0.15, 0.2) is 49.1 Å². The van der Waals surface area contributed by atoms with Crippen LogP contribution in [0.4, 0.5) is 4.39 Å². The molecule has 0 aliphatic carbocycles. The van der Waals surface area contributed by atoms with Crippen LogP contribution in [0, 0.1) is 5.82 Å². The third-order valence-electron chi connectivity index (χ3n) is 4.20. The van der Waals surface area contributed by atoms with E-state index in [0.717, 1.165) is 17.3 Å². The van der Waals surface area contributed by atoms with Gasteiger partial charge >= 0.3 is 0 Å². The third kappa shape index (κ3) is 3.57. The van der Waals surface area contributed by atoms with Crippen molar-refractivity contribution in [2.75, 3.05) is 7.05 Å². The van der Waals surface area contributed by atoms with Gasteiger partial charge in [0, 0.05) is 7.05 Å². The molecule has 0 fully saturated rings. The fourth-order valence-corrected chi connectivity index (χ4v) is 2.99. The highest BCUT2D eigenvalue weighted by atomic mass is 35.5. The summed E-state index contributed by atoms with van der Waals surface area (Å²) in [6.45, 7) is 1.88. The summed E-state index contributed by atoms with van der Waals surface area (Å²) in [5.74, 6) is -1.07. The number of benzene rings is 2. The average Bonchev–Trinajstić information content (AvgIpc) is 3.18. The second kappa shape index (κ2) is 7.43. The van der Waals surface area contributed by atoms with Crippen LogP contribution >= 0.6 is 23.2 Å². The molecule has 1 aromatic heterocycles. The third-order valence-corrected chi connectivity index (χ3v) is 4.80. The number of halogens is 3. The molecular formula is C18H15Cl2FN4O. The Kier molecular flexibility index (Phi) is 5.25. The minimum absolute atomic E-state index is 0.0714. The minimum Gasteiger partial charge on any atom is -0.335 e. The maximum absolute atomic E-state index is 13.7. The van der Waals surface area contributed by atoms with Gasteiger partial charge in [-0.1, -0.05) is 35.3 Å². The topological polar surface area (TPSA) is 51.0 Å². The largest absolute Gasteiger partial charge is 0.335 e. The summed E-state index contributed by atoms with van der Waals surface area (Å²) < 4.78 is 15.3. The Balaban J connectivity index is 1.82. The van der Waals surface area contributed by atoms with Gasteiger partial charge in [-0.2, -0.15) is 5.10 Å². The van der Waals surface area contributed by atoms with Crippen molar-refractivity contribution in [2.24, 2.45) is 0 Å². The maximum atomic E-state index is 13.7. The summed E-state index contributed by atoms with van der Waals surface area (Å²) in [6, 6.07) is 9.61. The Morgan fingerprint density at radius 2 is 1.88 bits per heavy atom. The van der Waals surface area contributed by atoms with Crippen molar-refractivity contribution in [3.05, 3.63) is 76.0 Å². The molecule has 2 aromatic carbocycles. The molecule has 8 heteroatoms. The van der Waals surface area contributed by atoms with E-state index in [1.165, 1.54) is 17.3 Å². The lowest BCUT2D eigenvalue weighted by atomic mass is 10.1.